The lowest BCUT2D eigenvalue weighted by Gasteiger charge is -2.14. The number of nitrogens with zero attached hydrogens (tertiary/aromatic N) is 1. The first-order chi connectivity index (χ1) is 10.7. The molecule has 1 unspecified atom stereocenters. The Morgan fingerprint density at radius 3 is 2.95 bits per heavy atom. The summed E-state index contributed by atoms with van der Waals surface area (Å²) in [5.41, 5.74) is 1.11. The molecule has 22 heavy (non-hydrogen) atoms. The number of aromatic amines is 1. The van der Waals surface area contributed by atoms with Crippen LogP contribution in [0, 0.1) is 0 Å². The van der Waals surface area contributed by atoms with Crippen LogP contribution in [-0.4, -0.2) is 33.8 Å². The third-order valence-corrected chi connectivity index (χ3v) is 3.12. The van der Waals surface area contributed by atoms with Gasteiger partial charge in [-0.2, -0.15) is 0 Å². The van der Waals surface area contributed by atoms with E-state index in [1.54, 1.807) is 42.7 Å². The molecule has 0 radical (unpaired) electrons. The van der Waals surface area contributed by atoms with Gasteiger partial charge in [0.1, 0.15) is 11.4 Å². The molecule has 1 amide bonds. The fourth-order valence-corrected chi connectivity index (χ4v) is 2.04. The van der Waals surface area contributed by atoms with Crippen LogP contribution in [0.2, 0.25) is 0 Å². The lowest BCUT2D eigenvalue weighted by Crippen LogP contribution is -2.35. The van der Waals surface area contributed by atoms with Gasteiger partial charge in [0, 0.05) is 23.3 Å². The Balaban J connectivity index is 1.57. The van der Waals surface area contributed by atoms with E-state index in [-0.39, 0.29) is 18.1 Å². The predicted octanol–water partition coefficient (Wildman–Crippen LogP) is 1.69. The zero-order chi connectivity index (χ0) is 15.4. The van der Waals surface area contributed by atoms with Gasteiger partial charge in [-0.25, -0.2) is 0 Å². The lowest BCUT2D eigenvalue weighted by atomic mass is 10.2. The molecule has 0 aliphatic rings. The van der Waals surface area contributed by atoms with E-state index in [1.165, 1.54) is 0 Å². The fourth-order valence-electron chi connectivity index (χ4n) is 2.04. The van der Waals surface area contributed by atoms with E-state index in [0.717, 1.165) is 10.9 Å². The Morgan fingerprint density at radius 1 is 1.32 bits per heavy atom. The van der Waals surface area contributed by atoms with E-state index in [2.05, 4.69) is 15.3 Å². The number of pyridine rings is 1. The standard InChI is InChI=1S/C16H15N3O3/c20-15(22-12-4-2-1-3-5-12)10-19-16(21)14-8-13-11(9-18-14)6-7-17-13/h1-9,15,17,20H,10H2,(H,19,21). The number of fused-ring (bicyclic) bond motifs is 1. The summed E-state index contributed by atoms with van der Waals surface area (Å²) in [5.74, 6) is 0.169. The molecular formula is C16H15N3O3. The molecule has 112 valence electrons. The average molecular weight is 297 g/mol. The maximum atomic E-state index is 12.0. The number of aliphatic hydroxyl groups excluding tert-OH is 1. The van der Waals surface area contributed by atoms with Crippen molar-refractivity contribution in [3.05, 3.63) is 60.6 Å². The Hall–Kier alpha value is -2.86. The number of aromatic nitrogens is 2. The number of aliphatic hydroxyl groups is 1. The van der Waals surface area contributed by atoms with Gasteiger partial charge in [0.25, 0.3) is 5.91 Å². The number of ether oxygens (including phenoxy) is 1. The monoisotopic (exact) mass is 297 g/mol. The second-order valence-electron chi connectivity index (χ2n) is 4.73. The highest BCUT2D eigenvalue weighted by Crippen LogP contribution is 2.12. The van der Waals surface area contributed by atoms with Gasteiger partial charge in [0.15, 0.2) is 0 Å². The molecule has 3 rings (SSSR count). The SMILES string of the molecule is O=C(NCC(O)Oc1ccccc1)c1cc2[nH]ccc2cn1. The second-order valence-corrected chi connectivity index (χ2v) is 4.73. The number of hydrogen-bond donors (Lipinski definition) is 3. The molecule has 0 saturated heterocycles. The minimum atomic E-state index is -1.12. The zero-order valence-corrected chi connectivity index (χ0v) is 11.7. The van der Waals surface area contributed by atoms with Crippen molar-refractivity contribution in [2.75, 3.05) is 6.54 Å². The van der Waals surface area contributed by atoms with E-state index < -0.39 is 6.29 Å². The fraction of sp³-hybridized carbons (Fsp3) is 0.125. The molecule has 0 aliphatic heterocycles. The zero-order valence-electron chi connectivity index (χ0n) is 11.7. The van der Waals surface area contributed by atoms with Gasteiger partial charge in [-0.3, -0.25) is 9.78 Å². The topological polar surface area (TPSA) is 87.2 Å². The van der Waals surface area contributed by atoms with Crippen molar-refractivity contribution in [2.45, 2.75) is 6.29 Å². The first-order valence-electron chi connectivity index (χ1n) is 6.83. The van der Waals surface area contributed by atoms with Crippen LogP contribution in [0.5, 0.6) is 5.75 Å². The molecule has 3 aromatic rings. The summed E-state index contributed by atoms with van der Waals surface area (Å²) < 4.78 is 5.27. The molecule has 0 bridgehead atoms. The Morgan fingerprint density at radius 2 is 2.14 bits per heavy atom. The Kier molecular flexibility index (Phi) is 4.02. The van der Waals surface area contributed by atoms with E-state index in [9.17, 15) is 9.90 Å². The summed E-state index contributed by atoms with van der Waals surface area (Å²) in [6.07, 6.45) is 2.28. The number of benzene rings is 1. The molecule has 0 spiro atoms. The number of amides is 1. The maximum Gasteiger partial charge on any atom is 0.270 e. The predicted molar refractivity (Wildman–Crippen MR) is 81.5 cm³/mol. The summed E-state index contributed by atoms with van der Waals surface area (Å²) in [6, 6.07) is 12.4. The van der Waals surface area contributed by atoms with Crippen molar-refractivity contribution in [2.24, 2.45) is 0 Å². The molecule has 0 saturated carbocycles. The minimum absolute atomic E-state index is 0.0296. The van der Waals surface area contributed by atoms with Crippen LogP contribution in [0.1, 0.15) is 10.5 Å². The number of carbonyl (C=O) groups excluding carboxylic acids is 1. The third kappa shape index (κ3) is 3.24. The van der Waals surface area contributed by atoms with E-state index in [1.807, 2.05) is 12.1 Å². The van der Waals surface area contributed by atoms with E-state index in [0.29, 0.717) is 5.75 Å². The molecule has 2 heterocycles. The van der Waals surface area contributed by atoms with Gasteiger partial charge in [0.05, 0.1) is 6.54 Å². The number of rotatable bonds is 5. The van der Waals surface area contributed by atoms with Crippen molar-refractivity contribution in [1.82, 2.24) is 15.3 Å². The summed E-state index contributed by atoms with van der Waals surface area (Å²) in [7, 11) is 0. The first-order valence-corrected chi connectivity index (χ1v) is 6.83. The minimum Gasteiger partial charge on any atom is -0.463 e. The third-order valence-electron chi connectivity index (χ3n) is 3.12. The second kappa shape index (κ2) is 6.28. The molecular weight excluding hydrogens is 282 g/mol. The molecule has 0 fully saturated rings. The number of carbonyl (C=O) groups is 1. The highest BCUT2D eigenvalue weighted by molar-refractivity contribution is 5.95. The number of para-hydroxylation sites is 1. The van der Waals surface area contributed by atoms with Crippen molar-refractivity contribution >= 4 is 16.8 Å². The number of nitrogens with one attached hydrogen (secondary N) is 2. The molecule has 2 aromatic heterocycles. The molecule has 3 N–H and O–H groups in total. The highest BCUT2D eigenvalue weighted by Gasteiger charge is 2.12. The summed E-state index contributed by atoms with van der Waals surface area (Å²) >= 11 is 0. The van der Waals surface area contributed by atoms with E-state index >= 15 is 0 Å². The van der Waals surface area contributed by atoms with Gasteiger partial charge in [-0.1, -0.05) is 18.2 Å². The lowest BCUT2D eigenvalue weighted by molar-refractivity contribution is -0.0144. The largest absolute Gasteiger partial charge is 0.463 e. The molecule has 1 atom stereocenters. The summed E-state index contributed by atoms with van der Waals surface area (Å²) in [6.45, 7) is -0.0296. The first kappa shape index (κ1) is 14.1. The van der Waals surface area contributed by atoms with Gasteiger partial charge >= 0.3 is 0 Å². The van der Waals surface area contributed by atoms with Crippen molar-refractivity contribution in [3.8, 4) is 5.75 Å². The van der Waals surface area contributed by atoms with Crippen LogP contribution in [-0.2, 0) is 0 Å². The van der Waals surface area contributed by atoms with Crippen molar-refractivity contribution < 1.29 is 14.6 Å². The Bertz CT molecular complexity index is 770. The van der Waals surface area contributed by atoms with Crippen LogP contribution in [0.15, 0.2) is 54.9 Å². The van der Waals surface area contributed by atoms with Gasteiger partial charge in [-0.15, -0.1) is 0 Å². The smallest absolute Gasteiger partial charge is 0.270 e. The molecule has 6 nitrogen and oxygen atoms in total. The number of hydrogen-bond acceptors (Lipinski definition) is 4. The quantitative estimate of drug-likeness (QED) is 0.625. The molecule has 0 aliphatic carbocycles. The van der Waals surface area contributed by atoms with Crippen molar-refractivity contribution in [3.63, 3.8) is 0 Å². The average Bonchev–Trinajstić information content (AvgIpc) is 3.01. The maximum absolute atomic E-state index is 12.0. The summed E-state index contributed by atoms with van der Waals surface area (Å²) in [4.78, 5) is 19.1. The van der Waals surface area contributed by atoms with Crippen LogP contribution < -0.4 is 10.1 Å². The van der Waals surface area contributed by atoms with Crippen molar-refractivity contribution in [1.29, 1.82) is 0 Å². The van der Waals surface area contributed by atoms with Crippen LogP contribution in [0.3, 0.4) is 0 Å². The van der Waals surface area contributed by atoms with Crippen LogP contribution >= 0.6 is 0 Å². The van der Waals surface area contributed by atoms with Crippen LogP contribution in [0.4, 0.5) is 0 Å². The normalized spacial score (nSPS) is 12.0. The highest BCUT2D eigenvalue weighted by atomic mass is 16.6. The van der Waals surface area contributed by atoms with Crippen LogP contribution in [0.25, 0.3) is 10.9 Å². The van der Waals surface area contributed by atoms with Gasteiger partial charge < -0.3 is 20.1 Å². The molecule has 1 aromatic carbocycles. The number of H-pyrrole nitrogens is 1. The van der Waals surface area contributed by atoms with Gasteiger partial charge in [-0.05, 0) is 24.3 Å². The van der Waals surface area contributed by atoms with E-state index in [4.69, 9.17) is 4.74 Å². The van der Waals surface area contributed by atoms with Gasteiger partial charge in [0.2, 0.25) is 6.29 Å². The summed E-state index contributed by atoms with van der Waals surface area (Å²) in [5, 5.41) is 13.3. The Labute approximate surface area is 126 Å². The molecule has 6 heteroatoms.